The summed E-state index contributed by atoms with van der Waals surface area (Å²) in [6.07, 6.45) is 2.18. The Morgan fingerprint density at radius 2 is 2.05 bits per heavy atom. The Hall–Kier alpha value is -1.65. The third-order valence-electron chi connectivity index (χ3n) is 4.72. The zero-order chi connectivity index (χ0) is 15.7. The second-order valence-electron chi connectivity index (χ2n) is 6.50. The number of H-pyrrole nitrogens is 1. The molecule has 1 aromatic carbocycles. The molecule has 1 fully saturated rings. The molecule has 4 heteroatoms. The van der Waals surface area contributed by atoms with Gasteiger partial charge in [0, 0.05) is 23.7 Å². The van der Waals surface area contributed by atoms with Crippen molar-refractivity contribution in [3.8, 4) is 0 Å². The molecule has 1 aromatic heterocycles. The first-order valence-electron chi connectivity index (χ1n) is 8.10. The fourth-order valence-corrected chi connectivity index (χ4v) is 3.53. The van der Waals surface area contributed by atoms with Crippen molar-refractivity contribution in [3.05, 3.63) is 45.9 Å². The molecule has 2 aromatic rings. The Kier molecular flexibility index (Phi) is 4.32. The lowest BCUT2D eigenvalue weighted by molar-refractivity contribution is 0.153. The van der Waals surface area contributed by atoms with E-state index in [0.717, 1.165) is 42.4 Å². The van der Waals surface area contributed by atoms with E-state index in [1.165, 1.54) is 5.56 Å². The number of nitrogens with zero attached hydrogens (tertiary/aromatic N) is 1. The number of nitrogens with one attached hydrogen (secondary N) is 1. The minimum atomic E-state index is -0.0109. The van der Waals surface area contributed by atoms with Crippen LogP contribution in [-0.2, 0) is 6.54 Å². The number of rotatable bonds is 4. The molecular weight excluding hydrogens is 276 g/mol. The minimum Gasteiger partial charge on any atom is -0.395 e. The molecule has 0 bridgehead atoms. The summed E-state index contributed by atoms with van der Waals surface area (Å²) >= 11 is 0. The summed E-state index contributed by atoms with van der Waals surface area (Å²) in [4.78, 5) is 17.7. The standard InChI is InChI=1S/C18H24N2O2/c1-12(2)17-16(10-20-9-5-6-13(20)11-21)14-7-3-4-8-15(14)18(22)19-17/h3-4,7-8,12-13,21H,5-6,9-11H2,1-2H3,(H,19,22). The highest BCUT2D eigenvalue weighted by atomic mass is 16.3. The van der Waals surface area contributed by atoms with Gasteiger partial charge in [0.15, 0.2) is 0 Å². The lowest BCUT2D eigenvalue weighted by Gasteiger charge is -2.25. The van der Waals surface area contributed by atoms with Crippen LogP contribution in [0.15, 0.2) is 29.1 Å². The Balaban J connectivity index is 2.12. The highest BCUT2D eigenvalue weighted by Crippen LogP contribution is 2.28. The van der Waals surface area contributed by atoms with Crippen LogP contribution in [-0.4, -0.2) is 34.2 Å². The van der Waals surface area contributed by atoms with Crippen molar-refractivity contribution in [1.29, 1.82) is 0 Å². The molecule has 0 amide bonds. The average molecular weight is 300 g/mol. The maximum atomic E-state index is 12.3. The number of aromatic amines is 1. The molecule has 0 aliphatic carbocycles. The fourth-order valence-electron chi connectivity index (χ4n) is 3.53. The van der Waals surface area contributed by atoms with Crippen LogP contribution in [0.3, 0.4) is 0 Å². The highest BCUT2D eigenvalue weighted by Gasteiger charge is 2.25. The largest absolute Gasteiger partial charge is 0.395 e. The van der Waals surface area contributed by atoms with Crippen molar-refractivity contribution in [2.75, 3.05) is 13.2 Å². The third-order valence-corrected chi connectivity index (χ3v) is 4.72. The Morgan fingerprint density at radius 1 is 1.32 bits per heavy atom. The van der Waals surface area contributed by atoms with E-state index in [2.05, 4.69) is 23.7 Å². The molecule has 0 spiro atoms. The molecule has 4 nitrogen and oxygen atoms in total. The summed E-state index contributed by atoms with van der Waals surface area (Å²) < 4.78 is 0. The predicted octanol–water partition coefficient (Wildman–Crippen LogP) is 2.61. The van der Waals surface area contributed by atoms with Crippen molar-refractivity contribution >= 4 is 10.8 Å². The topological polar surface area (TPSA) is 56.3 Å². The second kappa shape index (κ2) is 6.23. The zero-order valence-corrected chi connectivity index (χ0v) is 13.3. The maximum Gasteiger partial charge on any atom is 0.256 e. The number of aliphatic hydroxyl groups is 1. The van der Waals surface area contributed by atoms with E-state index < -0.39 is 0 Å². The molecule has 0 radical (unpaired) electrons. The third kappa shape index (κ3) is 2.69. The van der Waals surface area contributed by atoms with Crippen LogP contribution in [0.2, 0.25) is 0 Å². The van der Waals surface area contributed by atoms with Gasteiger partial charge in [0.1, 0.15) is 0 Å². The summed E-state index contributed by atoms with van der Waals surface area (Å²) in [5.74, 6) is 0.266. The van der Waals surface area contributed by atoms with E-state index in [4.69, 9.17) is 0 Å². The van der Waals surface area contributed by atoms with E-state index in [9.17, 15) is 9.90 Å². The van der Waals surface area contributed by atoms with Crippen LogP contribution in [0, 0.1) is 0 Å². The van der Waals surface area contributed by atoms with Gasteiger partial charge in [-0.2, -0.15) is 0 Å². The van der Waals surface area contributed by atoms with Crippen molar-refractivity contribution in [2.45, 2.75) is 45.2 Å². The van der Waals surface area contributed by atoms with Crippen LogP contribution in [0.4, 0.5) is 0 Å². The summed E-state index contributed by atoms with van der Waals surface area (Å²) in [5.41, 5.74) is 2.21. The molecule has 1 saturated heterocycles. The molecule has 3 rings (SSSR count). The van der Waals surface area contributed by atoms with Crippen molar-refractivity contribution in [3.63, 3.8) is 0 Å². The Bertz CT molecular complexity index is 721. The van der Waals surface area contributed by atoms with Gasteiger partial charge in [0.25, 0.3) is 5.56 Å². The number of benzene rings is 1. The monoisotopic (exact) mass is 300 g/mol. The first-order valence-corrected chi connectivity index (χ1v) is 8.10. The molecule has 2 N–H and O–H groups in total. The fraction of sp³-hybridized carbons (Fsp3) is 0.500. The van der Waals surface area contributed by atoms with E-state index in [0.29, 0.717) is 0 Å². The molecule has 2 heterocycles. The SMILES string of the molecule is CC(C)c1[nH]c(=O)c2ccccc2c1CN1CCCC1CO. The van der Waals surface area contributed by atoms with Gasteiger partial charge in [0.2, 0.25) is 0 Å². The summed E-state index contributed by atoms with van der Waals surface area (Å²) in [6, 6.07) is 8.06. The Morgan fingerprint density at radius 3 is 2.73 bits per heavy atom. The quantitative estimate of drug-likeness (QED) is 0.912. The van der Waals surface area contributed by atoms with Crippen molar-refractivity contribution < 1.29 is 5.11 Å². The van der Waals surface area contributed by atoms with Crippen LogP contribution in [0.5, 0.6) is 0 Å². The number of pyridine rings is 1. The van der Waals surface area contributed by atoms with Crippen LogP contribution in [0.1, 0.15) is 43.9 Å². The number of hydrogen-bond donors (Lipinski definition) is 2. The van der Waals surface area contributed by atoms with Crippen LogP contribution < -0.4 is 5.56 Å². The summed E-state index contributed by atoms with van der Waals surface area (Å²) in [6.45, 7) is 6.22. The highest BCUT2D eigenvalue weighted by molar-refractivity contribution is 5.85. The normalized spacial score (nSPS) is 19.4. The molecule has 1 aliphatic heterocycles. The van der Waals surface area contributed by atoms with Crippen molar-refractivity contribution in [1.82, 2.24) is 9.88 Å². The van der Waals surface area contributed by atoms with Gasteiger partial charge in [-0.1, -0.05) is 32.0 Å². The van der Waals surface area contributed by atoms with Gasteiger partial charge in [-0.05, 0) is 42.3 Å². The van der Waals surface area contributed by atoms with Gasteiger partial charge in [-0.3, -0.25) is 9.69 Å². The molecule has 22 heavy (non-hydrogen) atoms. The lowest BCUT2D eigenvalue weighted by atomic mass is 9.97. The Labute approximate surface area is 130 Å². The number of fused-ring (bicyclic) bond motifs is 1. The van der Waals surface area contributed by atoms with E-state index >= 15 is 0 Å². The molecule has 1 unspecified atom stereocenters. The first-order chi connectivity index (χ1) is 10.6. The number of aliphatic hydroxyl groups excluding tert-OH is 1. The maximum absolute atomic E-state index is 12.3. The van der Waals surface area contributed by atoms with Gasteiger partial charge < -0.3 is 10.1 Å². The van der Waals surface area contributed by atoms with E-state index in [1.807, 2.05) is 24.3 Å². The van der Waals surface area contributed by atoms with Gasteiger partial charge in [0.05, 0.1) is 6.61 Å². The number of likely N-dealkylation sites (tertiary alicyclic amines) is 1. The summed E-state index contributed by atoms with van der Waals surface area (Å²) in [5, 5.41) is 11.3. The van der Waals surface area contributed by atoms with E-state index in [-0.39, 0.29) is 24.1 Å². The molecule has 0 saturated carbocycles. The van der Waals surface area contributed by atoms with Gasteiger partial charge in [-0.25, -0.2) is 0 Å². The predicted molar refractivity (Wildman–Crippen MR) is 89.2 cm³/mol. The lowest BCUT2D eigenvalue weighted by Crippen LogP contribution is -2.32. The average Bonchev–Trinajstić information content (AvgIpc) is 2.97. The molecular formula is C18H24N2O2. The van der Waals surface area contributed by atoms with Gasteiger partial charge in [-0.15, -0.1) is 0 Å². The molecule has 1 atom stereocenters. The first kappa shape index (κ1) is 15.3. The van der Waals surface area contributed by atoms with Crippen LogP contribution in [0.25, 0.3) is 10.8 Å². The number of hydrogen-bond acceptors (Lipinski definition) is 3. The smallest absolute Gasteiger partial charge is 0.256 e. The second-order valence-corrected chi connectivity index (χ2v) is 6.50. The molecule has 118 valence electrons. The van der Waals surface area contributed by atoms with Crippen molar-refractivity contribution in [2.24, 2.45) is 0 Å². The van der Waals surface area contributed by atoms with E-state index in [1.54, 1.807) is 0 Å². The van der Waals surface area contributed by atoms with Gasteiger partial charge >= 0.3 is 0 Å². The van der Waals surface area contributed by atoms with Crippen LogP contribution >= 0.6 is 0 Å². The number of aromatic nitrogens is 1. The zero-order valence-electron chi connectivity index (χ0n) is 13.3. The summed E-state index contributed by atoms with van der Waals surface area (Å²) in [7, 11) is 0. The molecule has 1 aliphatic rings. The minimum absolute atomic E-state index is 0.0109.